The van der Waals surface area contributed by atoms with Crippen molar-refractivity contribution in [3.8, 4) is 28.3 Å². The van der Waals surface area contributed by atoms with Crippen LogP contribution in [0.1, 0.15) is 12.7 Å². The van der Waals surface area contributed by atoms with Crippen LogP contribution in [0.25, 0.3) is 27.8 Å². The van der Waals surface area contributed by atoms with E-state index in [9.17, 15) is 0 Å². The standard InChI is InChI=1S/C39H30N2OSi/c1-2-38-40-34-19-12-20-36-39(34)41(38)35-26-23-29(27-37(35)42-36)28-21-24-33(25-22-28)43(30-13-6-3-7-14-30,31-15-8-4-9-16-31)32-17-10-5-11-18-32/h3-27H,2H2,1H3. The molecule has 8 rings (SSSR count). The van der Waals surface area contributed by atoms with Gasteiger partial charge in [0.15, 0.2) is 19.6 Å². The third-order valence-corrected chi connectivity index (χ3v) is 13.5. The van der Waals surface area contributed by atoms with Gasteiger partial charge < -0.3 is 4.74 Å². The Morgan fingerprint density at radius 1 is 0.558 bits per heavy atom. The van der Waals surface area contributed by atoms with Gasteiger partial charge in [-0.1, -0.05) is 134 Å². The first-order valence-corrected chi connectivity index (χ1v) is 16.9. The first-order valence-electron chi connectivity index (χ1n) is 14.9. The van der Waals surface area contributed by atoms with Crippen LogP contribution in [0.2, 0.25) is 0 Å². The molecule has 7 aromatic rings. The number of aryl methyl sites for hydroxylation is 1. The number of nitrogens with zero attached hydrogens (tertiary/aromatic N) is 2. The minimum atomic E-state index is -2.55. The number of para-hydroxylation sites is 1. The van der Waals surface area contributed by atoms with Crippen LogP contribution < -0.4 is 25.5 Å². The van der Waals surface area contributed by atoms with Crippen molar-refractivity contribution in [1.29, 1.82) is 0 Å². The van der Waals surface area contributed by atoms with Gasteiger partial charge in [0.2, 0.25) is 0 Å². The fourth-order valence-electron chi connectivity index (χ4n) is 6.78. The molecule has 43 heavy (non-hydrogen) atoms. The Bertz CT molecular complexity index is 1970. The first-order chi connectivity index (χ1) is 21.3. The van der Waals surface area contributed by atoms with Crippen LogP contribution in [-0.4, -0.2) is 17.6 Å². The summed E-state index contributed by atoms with van der Waals surface area (Å²) in [6.07, 6.45) is 0.854. The molecule has 1 aliphatic rings. The number of hydrogen-bond donors (Lipinski definition) is 0. The highest BCUT2D eigenvalue weighted by molar-refractivity contribution is 7.19. The molecule has 0 saturated heterocycles. The number of ether oxygens (including phenoxy) is 1. The van der Waals surface area contributed by atoms with Gasteiger partial charge >= 0.3 is 0 Å². The van der Waals surface area contributed by atoms with Gasteiger partial charge in [0.25, 0.3) is 0 Å². The van der Waals surface area contributed by atoms with Crippen LogP contribution in [0.5, 0.6) is 11.5 Å². The quantitative estimate of drug-likeness (QED) is 0.164. The molecule has 3 nitrogen and oxygen atoms in total. The van der Waals surface area contributed by atoms with Crippen molar-refractivity contribution in [2.45, 2.75) is 13.3 Å². The van der Waals surface area contributed by atoms with Gasteiger partial charge in [-0.2, -0.15) is 0 Å². The van der Waals surface area contributed by atoms with E-state index in [0.29, 0.717) is 0 Å². The molecule has 0 radical (unpaired) electrons. The summed E-state index contributed by atoms with van der Waals surface area (Å²) >= 11 is 0. The van der Waals surface area contributed by atoms with Crippen LogP contribution in [0.3, 0.4) is 0 Å². The highest BCUT2D eigenvalue weighted by atomic mass is 28.3. The normalized spacial score (nSPS) is 12.1. The molecular formula is C39H30N2OSi. The zero-order valence-electron chi connectivity index (χ0n) is 23.9. The maximum atomic E-state index is 6.47. The van der Waals surface area contributed by atoms with Crippen LogP contribution in [0.15, 0.2) is 152 Å². The third-order valence-electron chi connectivity index (χ3n) is 8.72. The molecule has 1 aromatic heterocycles. The fourth-order valence-corrected chi connectivity index (χ4v) is 11.5. The van der Waals surface area contributed by atoms with Gasteiger partial charge in [-0.05, 0) is 56.1 Å². The molecule has 4 heteroatoms. The highest BCUT2D eigenvalue weighted by Crippen LogP contribution is 2.42. The summed E-state index contributed by atoms with van der Waals surface area (Å²) in [4.78, 5) is 4.88. The predicted octanol–water partition coefficient (Wildman–Crippen LogP) is 6.74. The number of hydrogen-bond acceptors (Lipinski definition) is 2. The van der Waals surface area contributed by atoms with Crippen molar-refractivity contribution >= 4 is 39.9 Å². The number of aromatic nitrogens is 2. The lowest BCUT2D eigenvalue weighted by Gasteiger charge is -2.34. The molecule has 0 fully saturated rings. The maximum Gasteiger partial charge on any atom is 0.179 e. The van der Waals surface area contributed by atoms with Gasteiger partial charge in [0.1, 0.15) is 11.3 Å². The molecule has 6 aromatic carbocycles. The molecule has 0 unspecified atom stereocenters. The van der Waals surface area contributed by atoms with E-state index in [-0.39, 0.29) is 0 Å². The maximum absolute atomic E-state index is 6.47. The van der Waals surface area contributed by atoms with Gasteiger partial charge in [0.05, 0.1) is 11.2 Å². The zero-order chi connectivity index (χ0) is 28.8. The van der Waals surface area contributed by atoms with Crippen LogP contribution >= 0.6 is 0 Å². The van der Waals surface area contributed by atoms with Crippen molar-refractivity contribution in [1.82, 2.24) is 9.55 Å². The predicted molar refractivity (Wildman–Crippen MR) is 180 cm³/mol. The number of fused-ring (bicyclic) bond motifs is 2. The van der Waals surface area contributed by atoms with Gasteiger partial charge in [-0.3, -0.25) is 4.57 Å². The Hall–Kier alpha value is -5.19. The number of benzene rings is 6. The molecule has 0 amide bonds. The van der Waals surface area contributed by atoms with Crippen LogP contribution in [0, 0.1) is 0 Å². The van der Waals surface area contributed by atoms with Crippen LogP contribution in [0.4, 0.5) is 0 Å². The molecule has 0 bridgehead atoms. The minimum Gasteiger partial charge on any atom is -0.453 e. The SMILES string of the molecule is CCc1nc2cccc3c2n1-c1ccc(-c2ccc([Si](c4ccccc4)(c4ccccc4)c4ccccc4)cc2)cc1O3. The zero-order valence-corrected chi connectivity index (χ0v) is 24.9. The highest BCUT2D eigenvalue weighted by Gasteiger charge is 2.41. The lowest BCUT2D eigenvalue weighted by molar-refractivity contribution is 0.474. The molecule has 2 heterocycles. The molecule has 0 atom stereocenters. The Balaban J connectivity index is 1.26. The number of imidazole rings is 1. The smallest absolute Gasteiger partial charge is 0.179 e. The summed E-state index contributed by atoms with van der Waals surface area (Å²) in [6.45, 7) is 2.15. The molecule has 0 saturated carbocycles. The van der Waals surface area contributed by atoms with Crippen molar-refractivity contribution in [3.05, 3.63) is 157 Å². The summed E-state index contributed by atoms with van der Waals surface area (Å²) < 4.78 is 8.73. The van der Waals surface area contributed by atoms with Crippen molar-refractivity contribution in [3.63, 3.8) is 0 Å². The van der Waals surface area contributed by atoms with Crippen molar-refractivity contribution in [2.24, 2.45) is 0 Å². The summed E-state index contributed by atoms with van der Waals surface area (Å²) in [5.41, 5.74) is 5.36. The van der Waals surface area contributed by atoms with Gasteiger partial charge in [-0.15, -0.1) is 0 Å². The van der Waals surface area contributed by atoms with Crippen LogP contribution in [-0.2, 0) is 6.42 Å². The Morgan fingerprint density at radius 2 is 1.12 bits per heavy atom. The number of rotatable bonds is 6. The third kappa shape index (κ3) is 3.98. The summed E-state index contributed by atoms with van der Waals surface area (Å²) in [5.74, 6) is 2.76. The van der Waals surface area contributed by atoms with E-state index in [0.717, 1.165) is 51.6 Å². The second-order valence-electron chi connectivity index (χ2n) is 11.1. The summed E-state index contributed by atoms with van der Waals surface area (Å²) in [5, 5.41) is 5.48. The van der Waals surface area contributed by atoms with E-state index in [1.807, 2.05) is 12.1 Å². The molecule has 1 aliphatic heterocycles. The molecule has 206 valence electrons. The Labute approximate surface area is 252 Å². The van der Waals surface area contributed by atoms with Crippen molar-refractivity contribution in [2.75, 3.05) is 0 Å². The van der Waals surface area contributed by atoms with E-state index in [4.69, 9.17) is 9.72 Å². The topological polar surface area (TPSA) is 27.1 Å². The van der Waals surface area contributed by atoms with E-state index < -0.39 is 8.07 Å². The molecule has 0 aliphatic carbocycles. The molecule has 0 spiro atoms. The second kappa shape index (κ2) is 10.3. The fraction of sp³-hybridized carbons (Fsp3) is 0.0513. The summed E-state index contributed by atoms with van der Waals surface area (Å²) in [7, 11) is -2.55. The molecular weight excluding hydrogens is 541 g/mol. The van der Waals surface area contributed by atoms with Crippen molar-refractivity contribution < 1.29 is 4.74 Å². The minimum absolute atomic E-state index is 0.854. The van der Waals surface area contributed by atoms with Gasteiger partial charge in [-0.25, -0.2) is 4.98 Å². The average molecular weight is 571 g/mol. The average Bonchev–Trinajstić information content (AvgIpc) is 3.47. The second-order valence-corrected chi connectivity index (χ2v) is 14.9. The molecule has 0 N–H and O–H groups in total. The van der Waals surface area contributed by atoms with E-state index in [1.165, 1.54) is 20.7 Å². The first kappa shape index (κ1) is 25.5. The lowest BCUT2D eigenvalue weighted by atomic mass is 10.0. The Kier molecular flexibility index (Phi) is 6.09. The largest absolute Gasteiger partial charge is 0.453 e. The van der Waals surface area contributed by atoms with E-state index in [1.54, 1.807) is 0 Å². The van der Waals surface area contributed by atoms with E-state index >= 15 is 0 Å². The Morgan fingerprint density at radius 3 is 1.70 bits per heavy atom. The monoisotopic (exact) mass is 570 g/mol. The van der Waals surface area contributed by atoms with E-state index in [2.05, 4.69) is 151 Å². The van der Waals surface area contributed by atoms with Gasteiger partial charge in [0, 0.05) is 6.42 Å². The lowest BCUT2D eigenvalue weighted by Crippen LogP contribution is -2.74. The summed E-state index contributed by atoms with van der Waals surface area (Å²) in [6, 6.07) is 55.0.